The second-order valence-electron chi connectivity index (χ2n) is 8.60. The van der Waals surface area contributed by atoms with Crippen molar-refractivity contribution < 1.29 is 23.8 Å². The molecule has 2 aliphatic rings. The minimum Gasteiger partial charge on any atom is -0.395 e. The molecule has 0 aromatic heterocycles. The van der Waals surface area contributed by atoms with Crippen LogP contribution >= 0.6 is 0 Å². The van der Waals surface area contributed by atoms with E-state index in [1.807, 2.05) is 58.0 Å². The number of aliphatic hydroxyl groups excluding tert-OH is 1. The van der Waals surface area contributed by atoms with Gasteiger partial charge in [-0.25, -0.2) is 4.39 Å². The lowest BCUT2D eigenvalue weighted by atomic mass is 9.81. The number of fused-ring (bicyclic) bond motifs is 1. The van der Waals surface area contributed by atoms with Crippen molar-refractivity contribution in [2.24, 2.45) is 0 Å². The zero-order chi connectivity index (χ0) is 20.7. The maximum absolute atomic E-state index is 15.7. The number of aliphatic hydroxyl groups is 1. The molecule has 0 bridgehead atoms. The van der Waals surface area contributed by atoms with Crippen LogP contribution in [0.5, 0.6) is 0 Å². The van der Waals surface area contributed by atoms with Crippen LogP contribution in [0.1, 0.15) is 33.3 Å². The minimum atomic E-state index is -1.59. The van der Waals surface area contributed by atoms with Crippen molar-refractivity contribution in [3.8, 4) is 0 Å². The number of nitrogens with one attached hydrogen (secondary N) is 1. The molecule has 0 radical (unpaired) electrons. The van der Waals surface area contributed by atoms with E-state index in [-0.39, 0.29) is 6.61 Å². The first-order chi connectivity index (χ1) is 13.1. The zero-order valence-corrected chi connectivity index (χ0v) is 17.2. The lowest BCUT2D eigenvalue weighted by molar-refractivity contribution is -0.333. The Kier molecular flexibility index (Phi) is 5.83. The van der Waals surface area contributed by atoms with Gasteiger partial charge in [0.25, 0.3) is 0 Å². The molecule has 7 heteroatoms. The Hall–Kier alpha value is -1.54. The molecular weight excluding hydrogens is 363 g/mol. The summed E-state index contributed by atoms with van der Waals surface area (Å²) < 4.78 is 28.1. The van der Waals surface area contributed by atoms with Crippen LogP contribution < -0.4 is 5.32 Å². The summed E-state index contributed by atoms with van der Waals surface area (Å²) in [6.07, 6.45) is -3.21. The molecule has 28 heavy (non-hydrogen) atoms. The highest BCUT2D eigenvalue weighted by molar-refractivity contribution is 5.82. The number of amides is 1. The van der Waals surface area contributed by atoms with Crippen LogP contribution in [0.4, 0.5) is 4.39 Å². The number of benzene rings is 1. The predicted octanol–water partition coefficient (Wildman–Crippen LogP) is 1.66. The summed E-state index contributed by atoms with van der Waals surface area (Å²) in [5.41, 5.74) is -0.496. The van der Waals surface area contributed by atoms with Crippen LogP contribution in [0, 0.1) is 0 Å². The average Bonchev–Trinajstić information content (AvgIpc) is 2.64. The number of likely N-dealkylation sites (N-methyl/N-ethyl adjacent to an activating group) is 1. The van der Waals surface area contributed by atoms with E-state index in [2.05, 4.69) is 5.32 Å². The van der Waals surface area contributed by atoms with Gasteiger partial charge in [-0.15, -0.1) is 0 Å². The molecule has 1 aromatic rings. The Morgan fingerprint density at radius 3 is 2.25 bits per heavy atom. The number of carbonyl (C=O) groups excluding carboxylic acids is 1. The standard InChI is InChI=1S/C21H31FN2O4/c1-20(2)21(3,4)28-18-15(22)16(19(26)23-5)24(14(12-25)17(18)27-20)11-13-9-7-6-8-10-13/h6-10,14-18,25H,11-12H2,1-5H3,(H,23,26)/t14-,15-,16+,17-,18-/m1/s1. The lowest BCUT2D eigenvalue weighted by Crippen LogP contribution is -2.75. The molecule has 2 aliphatic heterocycles. The van der Waals surface area contributed by atoms with E-state index in [0.29, 0.717) is 6.54 Å². The molecule has 1 amide bonds. The van der Waals surface area contributed by atoms with Gasteiger partial charge in [0.1, 0.15) is 18.2 Å². The van der Waals surface area contributed by atoms with Crippen LogP contribution in [0.15, 0.2) is 30.3 Å². The SMILES string of the molecule is CNC(=O)[C@@H]1[C@@H](F)[C@H]2OC(C)(C)C(C)(C)O[C@@H]2[C@@H](CO)N1Cc1ccccc1. The van der Waals surface area contributed by atoms with E-state index in [1.54, 1.807) is 4.90 Å². The highest BCUT2D eigenvalue weighted by atomic mass is 19.1. The van der Waals surface area contributed by atoms with Gasteiger partial charge in [0, 0.05) is 13.6 Å². The van der Waals surface area contributed by atoms with E-state index < -0.39 is 47.6 Å². The normalized spacial score (nSPS) is 34.5. The van der Waals surface area contributed by atoms with Crippen molar-refractivity contribution in [3.63, 3.8) is 0 Å². The van der Waals surface area contributed by atoms with Crippen molar-refractivity contribution in [2.75, 3.05) is 13.7 Å². The van der Waals surface area contributed by atoms with E-state index in [9.17, 15) is 9.90 Å². The first-order valence-electron chi connectivity index (χ1n) is 9.75. The van der Waals surface area contributed by atoms with Gasteiger partial charge in [0.15, 0.2) is 6.17 Å². The number of piperidine rings is 1. The van der Waals surface area contributed by atoms with Gasteiger partial charge in [-0.2, -0.15) is 0 Å². The Morgan fingerprint density at radius 1 is 1.14 bits per heavy atom. The summed E-state index contributed by atoms with van der Waals surface area (Å²) in [6.45, 7) is 7.56. The molecular formula is C21H31FN2O4. The topological polar surface area (TPSA) is 71.0 Å². The van der Waals surface area contributed by atoms with Crippen LogP contribution in [0.3, 0.4) is 0 Å². The molecule has 2 N–H and O–H groups in total. The Bertz CT molecular complexity index is 697. The summed E-state index contributed by atoms with van der Waals surface area (Å²) in [6, 6.07) is 7.86. The Morgan fingerprint density at radius 2 is 1.71 bits per heavy atom. The fourth-order valence-corrected chi connectivity index (χ4v) is 4.06. The zero-order valence-electron chi connectivity index (χ0n) is 17.2. The molecule has 0 saturated carbocycles. The molecule has 0 spiro atoms. The summed E-state index contributed by atoms with van der Waals surface area (Å²) in [5.74, 6) is -0.438. The number of ether oxygens (including phenoxy) is 2. The van der Waals surface area contributed by atoms with Crippen molar-refractivity contribution in [1.82, 2.24) is 10.2 Å². The molecule has 2 heterocycles. The van der Waals surface area contributed by atoms with Crippen LogP contribution in [0.2, 0.25) is 0 Å². The van der Waals surface area contributed by atoms with Crippen molar-refractivity contribution >= 4 is 5.91 Å². The maximum atomic E-state index is 15.7. The van der Waals surface area contributed by atoms with Crippen molar-refractivity contribution in [3.05, 3.63) is 35.9 Å². The molecule has 0 unspecified atom stereocenters. The molecule has 1 aromatic carbocycles. The van der Waals surface area contributed by atoms with Gasteiger partial charge >= 0.3 is 0 Å². The number of halogens is 1. The number of hydrogen-bond acceptors (Lipinski definition) is 5. The second kappa shape index (κ2) is 7.71. The van der Waals surface area contributed by atoms with Crippen LogP contribution in [-0.2, 0) is 20.8 Å². The molecule has 0 aliphatic carbocycles. The first-order valence-corrected chi connectivity index (χ1v) is 9.75. The fourth-order valence-electron chi connectivity index (χ4n) is 4.06. The summed E-state index contributed by atoms with van der Waals surface area (Å²) in [5, 5.41) is 12.8. The molecule has 156 valence electrons. The predicted molar refractivity (Wildman–Crippen MR) is 104 cm³/mol. The Labute approximate surface area is 166 Å². The third-order valence-corrected chi connectivity index (χ3v) is 6.32. The number of rotatable bonds is 4. The molecule has 3 rings (SSSR count). The molecule has 6 nitrogen and oxygen atoms in total. The maximum Gasteiger partial charge on any atom is 0.240 e. The highest BCUT2D eigenvalue weighted by Gasteiger charge is 2.60. The first kappa shape index (κ1) is 21.2. The Balaban J connectivity index is 2.01. The molecule has 2 fully saturated rings. The van der Waals surface area contributed by atoms with E-state index in [1.165, 1.54) is 7.05 Å². The monoisotopic (exact) mass is 394 g/mol. The van der Waals surface area contributed by atoms with Gasteiger partial charge in [-0.3, -0.25) is 9.69 Å². The van der Waals surface area contributed by atoms with E-state index >= 15 is 4.39 Å². The summed E-state index contributed by atoms with van der Waals surface area (Å²) in [4.78, 5) is 14.3. The van der Waals surface area contributed by atoms with Crippen LogP contribution in [-0.4, -0.2) is 71.2 Å². The smallest absolute Gasteiger partial charge is 0.240 e. The highest BCUT2D eigenvalue weighted by Crippen LogP contribution is 2.44. The van der Waals surface area contributed by atoms with Gasteiger partial charge in [-0.1, -0.05) is 30.3 Å². The largest absolute Gasteiger partial charge is 0.395 e. The number of likely N-dealkylation sites (tertiary alicyclic amines) is 1. The third kappa shape index (κ3) is 3.56. The van der Waals surface area contributed by atoms with Gasteiger partial charge in [0.05, 0.1) is 23.9 Å². The lowest BCUT2D eigenvalue weighted by Gasteiger charge is -2.58. The van der Waals surface area contributed by atoms with Crippen molar-refractivity contribution in [1.29, 1.82) is 0 Å². The van der Waals surface area contributed by atoms with Crippen molar-refractivity contribution in [2.45, 2.75) is 75.9 Å². The number of carbonyl (C=O) groups is 1. The summed E-state index contributed by atoms with van der Waals surface area (Å²) >= 11 is 0. The molecule has 2 saturated heterocycles. The number of alkyl halides is 1. The molecule has 5 atom stereocenters. The second-order valence-corrected chi connectivity index (χ2v) is 8.60. The summed E-state index contributed by atoms with van der Waals surface area (Å²) in [7, 11) is 1.49. The quantitative estimate of drug-likeness (QED) is 0.813. The number of hydrogen-bond donors (Lipinski definition) is 2. The number of nitrogens with zero attached hydrogens (tertiary/aromatic N) is 1. The van der Waals surface area contributed by atoms with Gasteiger partial charge in [-0.05, 0) is 33.3 Å². The third-order valence-electron chi connectivity index (χ3n) is 6.32. The van der Waals surface area contributed by atoms with E-state index in [4.69, 9.17) is 9.47 Å². The van der Waals surface area contributed by atoms with E-state index in [0.717, 1.165) is 5.56 Å². The van der Waals surface area contributed by atoms with Gasteiger partial charge in [0.2, 0.25) is 5.91 Å². The fraction of sp³-hybridized carbons (Fsp3) is 0.667. The van der Waals surface area contributed by atoms with Gasteiger partial charge < -0.3 is 19.9 Å². The average molecular weight is 394 g/mol. The van der Waals surface area contributed by atoms with Crippen LogP contribution in [0.25, 0.3) is 0 Å². The minimum absolute atomic E-state index is 0.270.